The van der Waals surface area contributed by atoms with Crippen LogP contribution in [0.2, 0.25) is 0 Å². The lowest BCUT2D eigenvalue weighted by Crippen LogP contribution is -2.01. The molecule has 1 aromatic rings. The van der Waals surface area contributed by atoms with Gasteiger partial charge in [0.15, 0.2) is 0 Å². The highest BCUT2D eigenvalue weighted by atomic mass is 79.9. The normalized spacial score (nSPS) is 11.5. The molecular weight excluding hydrogens is 407 g/mol. The predicted octanol–water partition coefficient (Wildman–Crippen LogP) is 4.33. The van der Waals surface area contributed by atoms with E-state index in [1.165, 1.54) is 0 Å². The van der Waals surface area contributed by atoms with Gasteiger partial charge in [-0.2, -0.15) is 0 Å². The van der Waals surface area contributed by atoms with Crippen molar-refractivity contribution in [1.82, 2.24) is 0 Å². The lowest BCUT2D eigenvalue weighted by molar-refractivity contribution is 0.302. The Labute approximate surface area is 129 Å². The van der Waals surface area contributed by atoms with Crippen molar-refractivity contribution < 1.29 is 13.2 Å². The van der Waals surface area contributed by atoms with Gasteiger partial charge in [0.05, 0.1) is 21.3 Å². The molecule has 0 fully saturated rings. The molecule has 0 aliphatic rings. The maximum Gasteiger partial charge on any atom is 0.232 e. The van der Waals surface area contributed by atoms with Gasteiger partial charge < -0.3 is 4.74 Å². The van der Waals surface area contributed by atoms with Crippen LogP contribution >= 0.6 is 42.5 Å². The molecule has 1 aromatic carbocycles. The molecule has 0 saturated heterocycles. The maximum absolute atomic E-state index is 10.7. The van der Waals surface area contributed by atoms with Crippen LogP contribution in [-0.4, -0.2) is 20.8 Å². The fourth-order valence-electron chi connectivity index (χ4n) is 1.35. The summed E-state index contributed by atoms with van der Waals surface area (Å²) in [5.41, 5.74) is 0. The van der Waals surface area contributed by atoms with Gasteiger partial charge in [-0.1, -0.05) is 6.07 Å². The van der Waals surface area contributed by atoms with Gasteiger partial charge in [-0.25, -0.2) is 8.42 Å². The SMILES string of the molecule is O=S(=O)(Cl)CCCCCOc1c(Br)cccc1Br. The summed E-state index contributed by atoms with van der Waals surface area (Å²) in [4.78, 5) is 0. The van der Waals surface area contributed by atoms with Gasteiger partial charge in [-0.15, -0.1) is 0 Å². The monoisotopic (exact) mass is 418 g/mol. The number of para-hydroxylation sites is 1. The van der Waals surface area contributed by atoms with Gasteiger partial charge in [0.2, 0.25) is 9.05 Å². The van der Waals surface area contributed by atoms with Crippen LogP contribution in [0.4, 0.5) is 0 Å². The molecule has 0 radical (unpaired) electrons. The minimum Gasteiger partial charge on any atom is -0.491 e. The zero-order chi connectivity index (χ0) is 13.6. The second-order valence-electron chi connectivity index (χ2n) is 3.70. The first-order chi connectivity index (χ1) is 8.40. The standard InChI is InChI=1S/C11H13Br2ClO3S/c12-9-5-4-6-10(13)11(9)17-7-2-1-3-8-18(14,15)16/h4-6H,1-3,7-8H2. The minimum atomic E-state index is -3.36. The van der Waals surface area contributed by atoms with E-state index in [2.05, 4.69) is 31.9 Å². The average molecular weight is 421 g/mol. The Morgan fingerprint density at radius 1 is 1.11 bits per heavy atom. The van der Waals surface area contributed by atoms with Crippen LogP contribution in [0.3, 0.4) is 0 Å². The number of rotatable bonds is 7. The molecule has 0 saturated carbocycles. The van der Waals surface area contributed by atoms with Crippen molar-refractivity contribution >= 4 is 51.6 Å². The fourth-order valence-corrected chi connectivity index (χ4v) is 3.45. The number of ether oxygens (including phenoxy) is 1. The Bertz CT molecular complexity index is 471. The highest BCUT2D eigenvalue weighted by Gasteiger charge is 2.06. The summed E-state index contributed by atoms with van der Waals surface area (Å²) in [6, 6.07) is 5.71. The Balaban J connectivity index is 2.26. The Morgan fingerprint density at radius 3 is 2.28 bits per heavy atom. The van der Waals surface area contributed by atoms with Crippen LogP contribution < -0.4 is 4.74 Å². The molecule has 3 nitrogen and oxygen atoms in total. The molecule has 0 amide bonds. The summed E-state index contributed by atoms with van der Waals surface area (Å²) in [7, 11) is 1.75. The van der Waals surface area contributed by atoms with Gasteiger partial charge in [0.1, 0.15) is 5.75 Å². The van der Waals surface area contributed by atoms with Crippen LogP contribution in [0.25, 0.3) is 0 Å². The van der Waals surface area contributed by atoms with E-state index in [4.69, 9.17) is 15.4 Å². The molecule has 0 spiro atoms. The van der Waals surface area contributed by atoms with E-state index in [1.54, 1.807) is 0 Å². The van der Waals surface area contributed by atoms with Crippen molar-refractivity contribution in [3.63, 3.8) is 0 Å². The lowest BCUT2D eigenvalue weighted by Gasteiger charge is -2.09. The largest absolute Gasteiger partial charge is 0.491 e. The third kappa shape index (κ3) is 6.41. The van der Waals surface area contributed by atoms with E-state index in [-0.39, 0.29) is 5.75 Å². The number of halogens is 3. The lowest BCUT2D eigenvalue weighted by atomic mass is 10.3. The molecule has 0 N–H and O–H groups in total. The smallest absolute Gasteiger partial charge is 0.232 e. The maximum atomic E-state index is 10.7. The molecule has 0 heterocycles. The third-order valence-electron chi connectivity index (χ3n) is 2.20. The van der Waals surface area contributed by atoms with Crippen molar-refractivity contribution in [1.29, 1.82) is 0 Å². The molecule has 102 valence electrons. The summed E-state index contributed by atoms with van der Waals surface area (Å²) < 4.78 is 28.8. The third-order valence-corrected chi connectivity index (χ3v) is 4.69. The molecule has 0 atom stereocenters. The van der Waals surface area contributed by atoms with Crippen LogP contribution in [0.15, 0.2) is 27.1 Å². The first-order valence-electron chi connectivity index (χ1n) is 5.39. The second-order valence-corrected chi connectivity index (χ2v) is 8.31. The van der Waals surface area contributed by atoms with Gasteiger partial charge in [-0.3, -0.25) is 0 Å². The van der Waals surface area contributed by atoms with Crippen molar-refractivity contribution in [2.45, 2.75) is 19.3 Å². The Hall–Kier alpha value is 0.220. The summed E-state index contributed by atoms with van der Waals surface area (Å²) in [5, 5.41) is 0. The molecule has 0 aliphatic heterocycles. The summed E-state index contributed by atoms with van der Waals surface area (Å²) in [5.74, 6) is 0.787. The molecule has 0 bridgehead atoms. The number of unbranched alkanes of at least 4 members (excludes halogenated alkanes) is 2. The fraction of sp³-hybridized carbons (Fsp3) is 0.455. The first-order valence-corrected chi connectivity index (χ1v) is 9.46. The molecule has 0 aromatic heterocycles. The number of hydrogen-bond acceptors (Lipinski definition) is 3. The number of hydrogen-bond donors (Lipinski definition) is 0. The highest BCUT2D eigenvalue weighted by molar-refractivity contribution is 9.11. The minimum absolute atomic E-state index is 0.0211. The quantitative estimate of drug-likeness (QED) is 0.487. The van der Waals surface area contributed by atoms with Gasteiger partial charge in [0.25, 0.3) is 0 Å². The average Bonchev–Trinajstić information content (AvgIpc) is 2.25. The van der Waals surface area contributed by atoms with Crippen molar-refractivity contribution in [2.24, 2.45) is 0 Å². The van der Waals surface area contributed by atoms with Gasteiger partial charge >= 0.3 is 0 Å². The zero-order valence-corrected chi connectivity index (χ0v) is 14.3. The topological polar surface area (TPSA) is 43.4 Å². The molecule has 7 heteroatoms. The van der Waals surface area contributed by atoms with Crippen LogP contribution in [0.1, 0.15) is 19.3 Å². The van der Waals surface area contributed by atoms with Gasteiger partial charge in [0, 0.05) is 10.7 Å². The van der Waals surface area contributed by atoms with Crippen LogP contribution in [0.5, 0.6) is 5.75 Å². The molecular formula is C11H13Br2ClO3S. The Morgan fingerprint density at radius 2 is 1.72 bits per heavy atom. The van der Waals surface area contributed by atoms with Crippen molar-refractivity contribution in [3.05, 3.63) is 27.1 Å². The summed E-state index contributed by atoms with van der Waals surface area (Å²) >= 11 is 6.81. The molecule has 18 heavy (non-hydrogen) atoms. The van der Waals surface area contributed by atoms with Crippen LogP contribution in [0, 0.1) is 0 Å². The van der Waals surface area contributed by atoms with E-state index < -0.39 is 9.05 Å². The van der Waals surface area contributed by atoms with E-state index in [0.29, 0.717) is 13.0 Å². The second kappa shape index (κ2) is 7.72. The van der Waals surface area contributed by atoms with Crippen LogP contribution in [-0.2, 0) is 9.05 Å². The molecule has 1 rings (SSSR count). The summed E-state index contributed by atoms with van der Waals surface area (Å²) in [6.45, 7) is 0.545. The highest BCUT2D eigenvalue weighted by Crippen LogP contribution is 2.33. The first kappa shape index (κ1) is 16.3. The van der Waals surface area contributed by atoms with E-state index in [1.807, 2.05) is 18.2 Å². The number of benzene rings is 1. The summed E-state index contributed by atoms with van der Waals surface area (Å²) in [6.07, 6.45) is 2.13. The van der Waals surface area contributed by atoms with Gasteiger partial charge in [-0.05, 0) is 63.3 Å². The van der Waals surface area contributed by atoms with E-state index in [9.17, 15) is 8.42 Å². The zero-order valence-electron chi connectivity index (χ0n) is 9.53. The predicted molar refractivity (Wildman–Crippen MR) is 80.8 cm³/mol. The van der Waals surface area contributed by atoms with Crippen molar-refractivity contribution in [2.75, 3.05) is 12.4 Å². The Kier molecular flexibility index (Phi) is 6.98. The van der Waals surface area contributed by atoms with Crippen molar-refractivity contribution in [3.8, 4) is 5.75 Å². The molecule has 0 unspecified atom stereocenters. The van der Waals surface area contributed by atoms with E-state index >= 15 is 0 Å². The van der Waals surface area contributed by atoms with E-state index in [0.717, 1.165) is 27.5 Å². The molecule has 0 aliphatic carbocycles.